The van der Waals surface area contributed by atoms with E-state index in [1.807, 2.05) is 12.1 Å². The van der Waals surface area contributed by atoms with E-state index in [2.05, 4.69) is 15.5 Å². The number of nitrogens with zero attached hydrogens (tertiary/aromatic N) is 2. The van der Waals surface area contributed by atoms with Crippen LogP contribution in [0.3, 0.4) is 0 Å². The molecule has 0 aliphatic heterocycles. The number of unbranched alkanes of at least 4 members (excludes halogenated alkanes) is 1. The summed E-state index contributed by atoms with van der Waals surface area (Å²) in [5, 5.41) is 15.0. The number of oxime groups is 1. The van der Waals surface area contributed by atoms with Crippen LogP contribution in [0.2, 0.25) is 0 Å². The van der Waals surface area contributed by atoms with Gasteiger partial charge in [0.1, 0.15) is 5.69 Å². The zero-order valence-electron chi connectivity index (χ0n) is 12.4. The van der Waals surface area contributed by atoms with Crippen LogP contribution < -0.4 is 11.1 Å². The Labute approximate surface area is 125 Å². The van der Waals surface area contributed by atoms with Crippen LogP contribution in [0.25, 0.3) is 0 Å². The van der Waals surface area contributed by atoms with Crippen molar-refractivity contribution in [3.05, 3.63) is 29.6 Å². The van der Waals surface area contributed by atoms with Crippen molar-refractivity contribution in [3.63, 3.8) is 0 Å². The molecule has 0 saturated heterocycles. The van der Waals surface area contributed by atoms with Gasteiger partial charge >= 0.3 is 0 Å². The minimum atomic E-state index is 0.0268. The van der Waals surface area contributed by atoms with Crippen molar-refractivity contribution in [1.82, 2.24) is 10.3 Å². The lowest BCUT2D eigenvalue weighted by molar-refractivity contribution is 0.0688. The van der Waals surface area contributed by atoms with Gasteiger partial charge in [-0.1, -0.05) is 11.2 Å². The number of ether oxygens (including phenoxy) is 2. The van der Waals surface area contributed by atoms with Crippen LogP contribution in [0.4, 0.5) is 0 Å². The molecule has 7 nitrogen and oxygen atoms in total. The molecule has 1 aromatic rings. The van der Waals surface area contributed by atoms with Gasteiger partial charge in [0.05, 0.1) is 13.2 Å². The summed E-state index contributed by atoms with van der Waals surface area (Å²) in [5.74, 6) is 0.0268. The molecule has 1 rings (SSSR count). The van der Waals surface area contributed by atoms with Gasteiger partial charge in [0.2, 0.25) is 0 Å². The smallest absolute Gasteiger partial charge is 0.189 e. The molecule has 0 saturated carbocycles. The normalized spacial score (nSPS) is 11.8. The van der Waals surface area contributed by atoms with Crippen LogP contribution >= 0.6 is 0 Å². The molecular weight excluding hydrogens is 272 g/mol. The Hall–Kier alpha value is -1.70. The highest BCUT2D eigenvalue weighted by molar-refractivity contribution is 5.96. The fourth-order valence-electron chi connectivity index (χ4n) is 1.78. The van der Waals surface area contributed by atoms with Crippen molar-refractivity contribution >= 4 is 5.84 Å². The van der Waals surface area contributed by atoms with E-state index in [1.165, 1.54) is 0 Å². The van der Waals surface area contributed by atoms with Crippen LogP contribution in [0.1, 0.15) is 24.1 Å². The van der Waals surface area contributed by atoms with Crippen LogP contribution in [0.15, 0.2) is 23.5 Å². The predicted molar refractivity (Wildman–Crippen MR) is 80.4 cm³/mol. The van der Waals surface area contributed by atoms with Gasteiger partial charge in [-0.3, -0.25) is 4.98 Å². The number of nitrogens with two attached hydrogens (primary N) is 1. The molecule has 1 aromatic heterocycles. The summed E-state index contributed by atoms with van der Waals surface area (Å²) in [4.78, 5) is 4.12. The first kappa shape index (κ1) is 17.4. The third-order valence-electron chi connectivity index (χ3n) is 2.88. The van der Waals surface area contributed by atoms with E-state index in [4.69, 9.17) is 20.4 Å². The Morgan fingerprint density at radius 2 is 2.24 bits per heavy atom. The standard InChI is InChI=1S/C14H24N4O3/c1-20-9-10-21-8-3-2-6-16-11-12-5-4-7-17-13(12)14(15)18-19/h4-5,7,16,19H,2-3,6,8-11H2,1H3,(H2,15,18). The summed E-state index contributed by atoms with van der Waals surface area (Å²) < 4.78 is 10.3. The number of hydrogen-bond donors (Lipinski definition) is 3. The summed E-state index contributed by atoms with van der Waals surface area (Å²) in [6.07, 6.45) is 3.64. The molecule has 0 bridgehead atoms. The minimum absolute atomic E-state index is 0.0268. The highest BCUT2D eigenvalue weighted by Gasteiger charge is 2.07. The van der Waals surface area contributed by atoms with E-state index in [1.54, 1.807) is 13.3 Å². The molecule has 7 heteroatoms. The number of nitrogens with one attached hydrogen (secondary N) is 1. The first-order valence-electron chi connectivity index (χ1n) is 6.98. The molecular formula is C14H24N4O3. The van der Waals surface area contributed by atoms with Crippen molar-refractivity contribution in [2.45, 2.75) is 19.4 Å². The molecule has 21 heavy (non-hydrogen) atoms. The Balaban J connectivity index is 2.19. The Morgan fingerprint density at radius 1 is 1.38 bits per heavy atom. The first-order valence-corrected chi connectivity index (χ1v) is 6.98. The molecule has 0 atom stereocenters. The van der Waals surface area contributed by atoms with Gasteiger partial charge in [-0.05, 0) is 31.0 Å². The van der Waals surface area contributed by atoms with E-state index < -0.39 is 0 Å². The predicted octanol–water partition coefficient (Wildman–Crippen LogP) is 0.709. The molecule has 0 spiro atoms. The summed E-state index contributed by atoms with van der Waals surface area (Å²) in [5.41, 5.74) is 7.00. The largest absolute Gasteiger partial charge is 0.409 e. The van der Waals surface area contributed by atoms with Crippen molar-refractivity contribution in [3.8, 4) is 0 Å². The second-order valence-electron chi connectivity index (χ2n) is 4.49. The lowest BCUT2D eigenvalue weighted by Crippen LogP contribution is -2.22. The average molecular weight is 296 g/mol. The van der Waals surface area contributed by atoms with E-state index in [0.29, 0.717) is 25.5 Å². The second-order valence-corrected chi connectivity index (χ2v) is 4.49. The summed E-state index contributed by atoms with van der Waals surface area (Å²) in [6.45, 7) is 3.52. The molecule has 118 valence electrons. The Kier molecular flexibility index (Phi) is 9.10. The molecule has 0 fully saturated rings. The topological polar surface area (TPSA) is 102 Å². The van der Waals surface area contributed by atoms with Gasteiger partial charge in [-0.25, -0.2) is 0 Å². The summed E-state index contributed by atoms with van der Waals surface area (Å²) in [6, 6.07) is 3.73. The van der Waals surface area contributed by atoms with Gasteiger partial charge in [0.15, 0.2) is 5.84 Å². The number of hydrogen-bond acceptors (Lipinski definition) is 6. The summed E-state index contributed by atoms with van der Waals surface area (Å²) in [7, 11) is 1.66. The van der Waals surface area contributed by atoms with Crippen molar-refractivity contribution in [2.24, 2.45) is 10.9 Å². The van der Waals surface area contributed by atoms with Crippen molar-refractivity contribution < 1.29 is 14.7 Å². The molecule has 0 radical (unpaired) electrons. The zero-order chi connectivity index (χ0) is 15.3. The molecule has 0 aromatic carbocycles. The van der Waals surface area contributed by atoms with Gasteiger partial charge in [0.25, 0.3) is 0 Å². The zero-order valence-corrected chi connectivity index (χ0v) is 12.4. The fourth-order valence-corrected chi connectivity index (χ4v) is 1.78. The van der Waals surface area contributed by atoms with E-state index in [-0.39, 0.29) is 5.84 Å². The third-order valence-corrected chi connectivity index (χ3v) is 2.88. The molecule has 0 unspecified atom stereocenters. The lowest BCUT2D eigenvalue weighted by Gasteiger charge is -2.08. The molecule has 0 aliphatic rings. The molecule has 4 N–H and O–H groups in total. The maximum absolute atomic E-state index is 8.72. The van der Waals surface area contributed by atoms with Gasteiger partial charge in [-0.15, -0.1) is 0 Å². The van der Waals surface area contributed by atoms with Crippen molar-refractivity contribution in [2.75, 3.05) is 33.5 Å². The van der Waals surface area contributed by atoms with Crippen LogP contribution in [-0.2, 0) is 16.0 Å². The van der Waals surface area contributed by atoms with Gasteiger partial charge in [-0.2, -0.15) is 0 Å². The van der Waals surface area contributed by atoms with Crippen molar-refractivity contribution in [1.29, 1.82) is 0 Å². The van der Waals surface area contributed by atoms with E-state index in [0.717, 1.165) is 31.6 Å². The van der Waals surface area contributed by atoms with Crippen LogP contribution in [0.5, 0.6) is 0 Å². The summed E-state index contributed by atoms with van der Waals surface area (Å²) >= 11 is 0. The third kappa shape index (κ3) is 7.03. The van der Waals surface area contributed by atoms with Gasteiger partial charge < -0.3 is 25.7 Å². The quantitative estimate of drug-likeness (QED) is 0.183. The maximum Gasteiger partial charge on any atom is 0.189 e. The highest BCUT2D eigenvalue weighted by Crippen LogP contribution is 2.04. The Morgan fingerprint density at radius 3 is 3.00 bits per heavy atom. The second kappa shape index (κ2) is 11.0. The van der Waals surface area contributed by atoms with Crippen LogP contribution in [0, 0.1) is 0 Å². The monoisotopic (exact) mass is 296 g/mol. The SMILES string of the molecule is COCCOCCCCNCc1cccnc1/C(N)=N/O. The molecule has 0 amide bonds. The van der Waals surface area contributed by atoms with Gasteiger partial charge in [0, 0.05) is 26.5 Å². The number of amidine groups is 1. The molecule has 0 aliphatic carbocycles. The van der Waals surface area contributed by atoms with E-state index >= 15 is 0 Å². The number of pyridine rings is 1. The Bertz CT molecular complexity index is 426. The van der Waals surface area contributed by atoms with Crippen LogP contribution in [-0.4, -0.2) is 49.5 Å². The number of aromatic nitrogens is 1. The molecule has 1 heterocycles. The fraction of sp³-hybridized carbons (Fsp3) is 0.571. The average Bonchev–Trinajstić information content (AvgIpc) is 2.53. The number of rotatable bonds is 11. The maximum atomic E-state index is 8.72. The number of methoxy groups -OCH3 is 1. The first-order chi connectivity index (χ1) is 10.3. The van der Waals surface area contributed by atoms with E-state index in [9.17, 15) is 0 Å². The lowest BCUT2D eigenvalue weighted by atomic mass is 10.2. The highest BCUT2D eigenvalue weighted by atomic mass is 16.5. The minimum Gasteiger partial charge on any atom is -0.409 e.